The summed E-state index contributed by atoms with van der Waals surface area (Å²) in [5.74, 6) is 0.583. The lowest BCUT2D eigenvalue weighted by Crippen LogP contribution is -2.00. The molecule has 0 fully saturated rings. The van der Waals surface area contributed by atoms with Crippen molar-refractivity contribution in [2.45, 2.75) is 6.92 Å². The summed E-state index contributed by atoms with van der Waals surface area (Å²) >= 11 is 0. The zero-order valence-electron chi connectivity index (χ0n) is 12.7. The fraction of sp³-hybridized carbons (Fsp3) is 0.0500. The van der Waals surface area contributed by atoms with Crippen LogP contribution in [0.4, 0.5) is 0 Å². The van der Waals surface area contributed by atoms with Crippen molar-refractivity contribution < 1.29 is 4.42 Å². The molecule has 0 aliphatic carbocycles. The van der Waals surface area contributed by atoms with E-state index in [2.05, 4.69) is 4.98 Å². The molecule has 0 aliphatic rings. The van der Waals surface area contributed by atoms with Crippen LogP contribution in [-0.4, -0.2) is 4.98 Å². The Hall–Kier alpha value is -3.07. The summed E-state index contributed by atoms with van der Waals surface area (Å²) in [5.41, 5.74) is 3.41. The second kappa shape index (κ2) is 5.29. The van der Waals surface area contributed by atoms with Crippen molar-refractivity contribution in [3.63, 3.8) is 0 Å². The lowest BCUT2D eigenvalue weighted by molar-refractivity contribution is 0.534. The first-order valence-electron chi connectivity index (χ1n) is 7.51. The van der Waals surface area contributed by atoms with Gasteiger partial charge in [0.1, 0.15) is 5.76 Å². The summed E-state index contributed by atoms with van der Waals surface area (Å²) in [6, 6.07) is 21.6. The van der Waals surface area contributed by atoms with Crippen molar-refractivity contribution in [1.29, 1.82) is 0 Å². The predicted octanol–water partition coefficient (Wildman–Crippen LogP) is 4.76. The number of rotatable bonds is 2. The van der Waals surface area contributed by atoms with E-state index in [-0.39, 0.29) is 5.63 Å². The van der Waals surface area contributed by atoms with Gasteiger partial charge >= 0.3 is 5.63 Å². The molecule has 0 saturated heterocycles. The van der Waals surface area contributed by atoms with Crippen LogP contribution in [0.3, 0.4) is 0 Å². The van der Waals surface area contributed by atoms with E-state index in [0.29, 0.717) is 11.1 Å². The minimum Gasteiger partial charge on any atom is -0.422 e. The average Bonchev–Trinajstić information content (AvgIpc) is 2.94. The van der Waals surface area contributed by atoms with Crippen molar-refractivity contribution in [3.8, 4) is 22.6 Å². The molecule has 2 heterocycles. The van der Waals surface area contributed by atoms with E-state index in [4.69, 9.17) is 4.42 Å². The van der Waals surface area contributed by atoms with Gasteiger partial charge in [-0.1, -0.05) is 60.7 Å². The van der Waals surface area contributed by atoms with Crippen molar-refractivity contribution in [2.75, 3.05) is 0 Å². The van der Waals surface area contributed by atoms with Gasteiger partial charge in [0.15, 0.2) is 0 Å². The second-order valence-corrected chi connectivity index (χ2v) is 5.54. The van der Waals surface area contributed by atoms with Gasteiger partial charge in [0.05, 0.1) is 11.1 Å². The fourth-order valence-electron chi connectivity index (χ4n) is 2.94. The van der Waals surface area contributed by atoms with Gasteiger partial charge in [0, 0.05) is 16.6 Å². The lowest BCUT2D eigenvalue weighted by atomic mass is 10.1. The Labute approximate surface area is 133 Å². The second-order valence-electron chi connectivity index (χ2n) is 5.54. The molecule has 3 heteroatoms. The SMILES string of the molecule is Cc1[nH]c(-c2ccccc2)c2cc(-c3ccccc3)oc(=O)c12. The largest absolute Gasteiger partial charge is 0.422 e. The summed E-state index contributed by atoms with van der Waals surface area (Å²) in [6.45, 7) is 1.90. The van der Waals surface area contributed by atoms with Crippen LogP contribution < -0.4 is 5.63 Å². The molecule has 0 aliphatic heterocycles. The Morgan fingerprint density at radius 2 is 1.48 bits per heavy atom. The van der Waals surface area contributed by atoms with Gasteiger partial charge in [-0.25, -0.2) is 4.79 Å². The van der Waals surface area contributed by atoms with Gasteiger partial charge in [-0.15, -0.1) is 0 Å². The van der Waals surface area contributed by atoms with Crippen molar-refractivity contribution in [3.05, 3.63) is 82.8 Å². The maximum absolute atomic E-state index is 12.5. The summed E-state index contributed by atoms with van der Waals surface area (Å²) < 4.78 is 5.53. The highest BCUT2D eigenvalue weighted by Crippen LogP contribution is 2.31. The van der Waals surface area contributed by atoms with Crippen LogP contribution in [-0.2, 0) is 0 Å². The van der Waals surface area contributed by atoms with Gasteiger partial charge < -0.3 is 9.40 Å². The molecule has 2 aromatic carbocycles. The zero-order chi connectivity index (χ0) is 15.8. The van der Waals surface area contributed by atoms with E-state index in [1.54, 1.807) is 0 Å². The maximum Gasteiger partial charge on any atom is 0.346 e. The van der Waals surface area contributed by atoms with Crippen LogP contribution in [0.5, 0.6) is 0 Å². The molecule has 0 radical (unpaired) electrons. The van der Waals surface area contributed by atoms with Crippen LogP contribution >= 0.6 is 0 Å². The minimum absolute atomic E-state index is 0.308. The molecule has 3 nitrogen and oxygen atoms in total. The molecular weight excluding hydrogens is 286 g/mol. The van der Waals surface area contributed by atoms with Gasteiger partial charge in [-0.05, 0) is 18.6 Å². The Morgan fingerprint density at radius 1 is 0.870 bits per heavy atom. The molecule has 1 N–H and O–H groups in total. The van der Waals surface area contributed by atoms with Crippen LogP contribution in [0.25, 0.3) is 33.4 Å². The number of fused-ring (bicyclic) bond motifs is 1. The smallest absolute Gasteiger partial charge is 0.346 e. The molecular formula is C20H15NO2. The number of H-pyrrole nitrogens is 1. The lowest BCUT2D eigenvalue weighted by Gasteiger charge is -2.02. The topological polar surface area (TPSA) is 46.0 Å². The number of nitrogens with one attached hydrogen (secondary N) is 1. The molecule has 0 unspecified atom stereocenters. The molecule has 0 atom stereocenters. The number of hydrogen-bond donors (Lipinski definition) is 1. The molecule has 0 saturated carbocycles. The first-order valence-corrected chi connectivity index (χ1v) is 7.51. The van der Waals surface area contributed by atoms with E-state index in [0.717, 1.165) is 27.9 Å². The van der Waals surface area contributed by atoms with E-state index in [9.17, 15) is 4.79 Å². The molecule has 112 valence electrons. The van der Waals surface area contributed by atoms with E-state index in [1.807, 2.05) is 73.7 Å². The molecule has 4 rings (SSSR count). The third-order valence-electron chi connectivity index (χ3n) is 4.03. The predicted molar refractivity (Wildman–Crippen MR) is 92.4 cm³/mol. The summed E-state index contributed by atoms with van der Waals surface area (Å²) in [4.78, 5) is 15.8. The van der Waals surface area contributed by atoms with Crippen molar-refractivity contribution >= 4 is 10.8 Å². The van der Waals surface area contributed by atoms with E-state index >= 15 is 0 Å². The Kier molecular flexibility index (Phi) is 3.12. The maximum atomic E-state index is 12.5. The number of aromatic amines is 1. The number of aryl methyl sites for hydroxylation is 1. The molecule has 0 spiro atoms. The minimum atomic E-state index is -0.308. The number of benzene rings is 2. The summed E-state index contributed by atoms with van der Waals surface area (Å²) in [5, 5.41) is 1.51. The van der Waals surface area contributed by atoms with Crippen molar-refractivity contribution in [1.82, 2.24) is 4.98 Å². The molecule has 4 aromatic rings. The van der Waals surface area contributed by atoms with Crippen LogP contribution in [0.1, 0.15) is 5.69 Å². The van der Waals surface area contributed by atoms with Crippen LogP contribution in [0.15, 0.2) is 75.9 Å². The Balaban J connectivity index is 2.03. The van der Waals surface area contributed by atoms with Gasteiger partial charge in [0.2, 0.25) is 0 Å². The summed E-state index contributed by atoms with van der Waals surface area (Å²) in [7, 11) is 0. The molecule has 2 aromatic heterocycles. The van der Waals surface area contributed by atoms with E-state index in [1.165, 1.54) is 0 Å². The first-order chi connectivity index (χ1) is 11.2. The fourth-order valence-corrected chi connectivity index (χ4v) is 2.94. The highest BCUT2D eigenvalue weighted by molar-refractivity contribution is 5.98. The number of aromatic nitrogens is 1. The zero-order valence-corrected chi connectivity index (χ0v) is 12.7. The van der Waals surface area contributed by atoms with E-state index < -0.39 is 0 Å². The van der Waals surface area contributed by atoms with Crippen LogP contribution in [0, 0.1) is 6.92 Å². The van der Waals surface area contributed by atoms with Gasteiger partial charge in [0.25, 0.3) is 0 Å². The quantitative estimate of drug-likeness (QED) is 0.580. The summed E-state index contributed by atoms with van der Waals surface area (Å²) in [6.07, 6.45) is 0. The Bertz CT molecular complexity index is 1030. The average molecular weight is 301 g/mol. The molecule has 0 amide bonds. The monoisotopic (exact) mass is 301 g/mol. The number of hydrogen-bond acceptors (Lipinski definition) is 2. The first kappa shape index (κ1) is 13.6. The third kappa shape index (κ3) is 2.27. The van der Waals surface area contributed by atoms with Crippen molar-refractivity contribution in [2.24, 2.45) is 0 Å². The standard InChI is InChI=1S/C20H15NO2/c1-13-18-16(19(21-13)15-10-6-3-7-11-15)12-17(23-20(18)22)14-8-4-2-5-9-14/h2-12,21H,1H3. The Morgan fingerprint density at radius 3 is 2.13 bits per heavy atom. The highest BCUT2D eigenvalue weighted by atomic mass is 16.4. The van der Waals surface area contributed by atoms with Gasteiger partial charge in [-0.3, -0.25) is 0 Å². The normalized spacial score (nSPS) is 11.0. The molecule has 23 heavy (non-hydrogen) atoms. The third-order valence-corrected chi connectivity index (χ3v) is 4.03. The van der Waals surface area contributed by atoms with Gasteiger partial charge in [-0.2, -0.15) is 0 Å². The highest BCUT2D eigenvalue weighted by Gasteiger charge is 2.15. The van der Waals surface area contributed by atoms with Crippen LogP contribution in [0.2, 0.25) is 0 Å². The molecule has 0 bridgehead atoms.